The maximum absolute atomic E-state index is 6.27. The molecule has 0 saturated heterocycles. The monoisotopic (exact) mass is 452 g/mol. The first-order valence-corrected chi connectivity index (χ1v) is 12.3. The predicted octanol–water partition coefficient (Wildman–Crippen LogP) is 9.67. The Labute approximate surface area is 202 Å². The molecule has 0 amide bonds. The van der Waals surface area contributed by atoms with Gasteiger partial charge in [-0.05, 0) is 63.5 Å². The smallest absolute Gasteiger partial charge is 0.135 e. The number of rotatable bonds is 3. The molecule has 1 aromatic heterocycles. The van der Waals surface area contributed by atoms with Crippen molar-refractivity contribution in [1.82, 2.24) is 0 Å². The van der Waals surface area contributed by atoms with E-state index in [1.165, 1.54) is 48.3 Å². The topological polar surface area (TPSA) is 9.23 Å². The van der Waals surface area contributed by atoms with Crippen LogP contribution in [0.25, 0.3) is 53.9 Å². The van der Waals surface area contributed by atoms with Gasteiger partial charge in [0.15, 0.2) is 0 Å². The summed E-state index contributed by atoms with van der Waals surface area (Å²) in [7, 11) is 0. The molecule has 0 saturated carbocycles. The van der Waals surface area contributed by atoms with E-state index >= 15 is 0 Å². The van der Waals surface area contributed by atoms with Crippen LogP contribution < -0.4 is 4.74 Å². The molecule has 5 aromatic carbocycles. The molecule has 2 heterocycles. The lowest BCUT2D eigenvalue weighted by Gasteiger charge is -2.22. The van der Waals surface area contributed by atoms with Crippen molar-refractivity contribution in [2.45, 2.75) is 0 Å². The van der Waals surface area contributed by atoms with Gasteiger partial charge >= 0.3 is 0 Å². The number of thiophene rings is 1. The second-order valence-electron chi connectivity index (χ2n) is 8.54. The number of ether oxygens (including phenoxy) is 1. The molecule has 0 atom stereocenters. The van der Waals surface area contributed by atoms with Gasteiger partial charge in [-0.1, -0.05) is 91.0 Å². The minimum absolute atomic E-state index is 0.924. The molecule has 2 heteroatoms. The van der Waals surface area contributed by atoms with Crippen molar-refractivity contribution < 1.29 is 4.74 Å². The number of hydrogen-bond acceptors (Lipinski definition) is 2. The standard InChI is InChI=1S/C32H20OS/c1-2-7-21(8-3-1)22-13-15-23(16-14-22)30-19-20-31(34-30)25-17-18-29-32-26(10-6-11-27(25)32)24-9-4-5-12-28(24)33-29/h1-20H. The maximum Gasteiger partial charge on any atom is 0.135 e. The molecule has 1 aliphatic rings. The van der Waals surface area contributed by atoms with Gasteiger partial charge in [-0.3, -0.25) is 0 Å². The van der Waals surface area contributed by atoms with Crippen molar-refractivity contribution in [3.05, 3.63) is 121 Å². The SMILES string of the molecule is c1ccc(-c2ccc(-c3ccc(-c4ccc5c6c(cccc46)-c4ccccc4O5)s3)cc2)cc1. The first kappa shape index (κ1) is 19.3. The third kappa shape index (κ3) is 3.07. The lowest BCUT2D eigenvalue weighted by molar-refractivity contribution is 0.487. The Kier molecular flexibility index (Phi) is 4.39. The fourth-order valence-corrected chi connectivity index (χ4v) is 5.94. The predicted molar refractivity (Wildman–Crippen MR) is 144 cm³/mol. The zero-order valence-corrected chi connectivity index (χ0v) is 19.2. The number of fused-ring (bicyclic) bond motifs is 2. The van der Waals surface area contributed by atoms with Gasteiger partial charge in [-0.2, -0.15) is 0 Å². The van der Waals surface area contributed by atoms with E-state index in [0.29, 0.717) is 0 Å². The Bertz CT molecular complexity index is 1660. The Hall–Kier alpha value is -4.14. The summed E-state index contributed by atoms with van der Waals surface area (Å²) in [5.74, 6) is 1.86. The third-order valence-corrected chi connectivity index (χ3v) is 7.72. The van der Waals surface area contributed by atoms with Gasteiger partial charge in [-0.25, -0.2) is 0 Å². The Balaban J connectivity index is 1.30. The van der Waals surface area contributed by atoms with Crippen LogP contribution in [0.1, 0.15) is 0 Å². The fourth-order valence-electron chi connectivity index (χ4n) is 4.89. The zero-order valence-electron chi connectivity index (χ0n) is 18.4. The lowest BCUT2D eigenvalue weighted by atomic mass is 9.92. The fraction of sp³-hybridized carbons (Fsp3) is 0. The molecular weight excluding hydrogens is 432 g/mol. The summed E-state index contributed by atoms with van der Waals surface area (Å²) in [4.78, 5) is 2.54. The van der Waals surface area contributed by atoms with Crippen LogP contribution in [0.15, 0.2) is 121 Å². The van der Waals surface area contributed by atoms with E-state index in [1.54, 1.807) is 0 Å². The van der Waals surface area contributed by atoms with Crippen LogP contribution in [0.4, 0.5) is 0 Å². The van der Waals surface area contributed by atoms with E-state index in [-0.39, 0.29) is 0 Å². The van der Waals surface area contributed by atoms with Crippen molar-refractivity contribution in [1.29, 1.82) is 0 Å². The van der Waals surface area contributed by atoms with Gasteiger partial charge in [0, 0.05) is 20.7 Å². The molecule has 7 rings (SSSR count). The summed E-state index contributed by atoms with van der Waals surface area (Å²) in [6.45, 7) is 0. The summed E-state index contributed by atoms with van der Waals surface area (Å²) in [6, 6.07) is 43.0. The second-order valence-corrected chi connectivity index (χ2v) is 9.63. The van der Waals surface area contributed by atoms with Crippen LogP contribution in [-0.4, -0.2) is 0 Å². The zero-order chi connectivity index (χ0) is 22.5. The average molecular weight is 453 g/mol. The molecule has 0 bridgehead atoms. The second kappa shape index (κ2) is 7.72. The van der Waals surface area contributed by atoms with Crippen LogP contribution in [0, 0.1) is 0 Å². The Morgan fingerprint density at radius 2 is 1.12 bits per heavy atom. The van der Waals surface area contributed by atoms with Crippen molar-refractivity contribution in [3.8, 4) is 54.6 Å². The first-order chi connectivity index (χ1) is 16.8. The molecule has 0 fully saturated rings. The Morgan fingerprint density at radius 3 is 2.00 bits per heavy atom. The molecule has 34 heavy (non-hydrogen) atoms. The molecule has 0 radical (unpaired) electrons. The summed E-state index contributed by atoms with van der Waals surface area (Å²) in [5.41, 5.74) is 7.38. The quantitative estimate of drug-likeness (QED) is 0.259. The summed E-state index contributed by atoms with van der Waals surface area (Å²) < 4.78 is 6.27. The highest BCUT2D eigenvalue weighted by Crippen LogP contribution is 2.49. The normalized spacial score (nSPS) is 11.8. The number of hydrogen-bond donors (Lipinski definition) is 0. The third-order valence-electron chi connectivity index (χ3n) is 6.55. The van der Waals surface area contributed by atoms with Gasteiger partial charge in [0.1, 0.15) is 11.5 Å². The average Bonchev–Trinajstić information content (AvgIpc) is 3.40. The minimum Gasteiger partial charge on any atom is -0.456 e. The van der Waals surface area contributed by atoms with Gasteiger partial charge in [0.2, 0.25) is 0 Å². The molecule has 6 aromatic rings. The number of para-hydroxylation sites is 1. The summed E-state index contributed by atoms with van der Waals surface area (Å²) in [6.07, 6.45) is 0. The van der Waals surface area contributed by atoms with E-state index in [0.717, 1.165) is 17.1 Å². The van der Waals surface area contributed by atoms with Crippen molar-refractivity contribution >= 4 is 22.1 Å². The summed E-state index contributed by atoms with van der Waals surface area (Å²) >= 11 is 1.84. The molecule has 0 unspecified atom stereocenters. The van der Waals surface area contributed by atoms with E-state index in [9.17, 15) is 0 Å². The van der Waals surface area contributed by atoms with Crippen LogP contribution in [0.2, 0.25) is 0 Å². The lowest BCUT2D eigenvalue weighted by Crippen LogP contribution is -1.97. The minimum atomic E-state index is 0.924. The molecule has 1 aliphatic heterocycles. The van der Waals surface area contributed by atoms with Crippen LogP contribution in [-0.2, 0) is 0 Å². The highest BCUT2D eigenvalue weighted by atomic mass is 32.1. The molecule has 1 nitrogen and oxygen atoms in total. The van der Waals surface area contributed by atoms with Crippen LogP contribution >= 0.6 is 11.3 Å². The molecule has 0 aliphatic carbocycles. The number of benzene rings is 5. The van der Waals surface area contributed by atoms with Crippen LogP contribution in [0.5, 0.6) is 11.5 Å². The molecule has 160 valence electrons. The van der Waals surface area contributed by atoms with Gasteiger partial charge in [0.05, 0.1) is 0 Å². The van der Waals surface area contributed by atoms with E-state index in [1.807, 2.05) is 23.5 Å². The van der Waals surface area contributed by atoms with Crippen molar-refractivity contribution in [2.24, 2.45) is 0 Å². The molecular formula is C32H20OS. The van der Waals surface area contributed by atoms with E-state index < -0.39 is 0 Å². The highest BCUT2D eigenvalue weighted by molar-refractivity contribution is 7.18. The molecule has 0 N–H and O–H groups in total. The van der Waals surface area contributed by atoms with Gasteiger partial charge in [0.25, 0.3) is 0 Å². The Morgan fingerprint density at radius 1 is 0.412 bits per heavy atom. The first-order valence-electron chi connectivity index (χ1n) is 11.4. The molecule has 0 spiro atoms. The van der Waals surface area contributed by atoms with Crippen molar-refractivity contribution in [3.63, 3.8) is 0 Å². The highest BCUT2D eigenvalue weighted by Gasteiger charge is 2.21. The maximum atomic E-state index is 6.27. The van der Waals surface area contributed by atoms with Crippen molar-refractivity contribution in [2.75, 3.05) is 0 Å². The largest absolute Gasteiger partial charge is 0.456 e. The van der Waals surface area contributed by atoms with Crippen LogP contribution in [0.3, 0.4) is 0 Å². The van der Waals surface area contributed by atoms with Gasteiger partial charge < -0.3 is 4.74 Å². The van der Waals surface area contributed by atoms with E-state index in [4.69, 9.17) is 4.74 Å². The van der Waals surface area contributed by atoms with Gasteiger partial charge in [-0.15, -0.1) is 11.3 Å². The summed E-state index contributed by atoms with van der Waals surface area (Å²) in [5, 5.41) is 2.43. The van der Waals surface area contributed by atoms with E-state index in [2.05, 4.69) is 109 Å².